The highest BCUT2D eigenvalue weighted by Gasteiger charge is 2.32. The number of anilines is 1. The van der Waals surface area contributed by atoms with Crippen LogP contribution in [0.2, 0.25) is 0 Å². The third-order valence-corrected chi connectivity index (χ3v) is 5.46. The molecular weight excluding hydrogens is 340 g/mol. The van der Waals surface area contributed by atoms with Crippen molar-refractivity contribution in [3.05, 3.63) is 41.5 Å². The van der Waals surface area contributed by atoms with Gasteiger partial charge in [0.1, 0.15) is 11.4 Å². The Kier molecular flexibility index (Phi) is 4.66. The number of rotatable bonds is 3. The number of aliphatic hydroxyl groups is 1. The lowest BCUT2D eigenvalue weighted by Gasteiger charge is -2.33. The molecular formula is C22H26N2O3. The van der Waals surface area contributed by atoms with E-state index in [2.05, 4.69) is 18.0 Å². The van der Waals surface area contributed by atoms with E-state index in [0.717, 1.165) is 59.9 Å². The topological polar surface area (TPSA) is 77.1 Å². The summed E-state index contributed by atoms with van der Waals surface area (Å²) in [4.78, 5) is 4.64. The highest BCUT2D eigenvalue weighted by Crippen LogP contribution is 2.46. The summed E-state index contributed by atoms with van der Waals surface area (Å²) in [7, 11) is 0. The second-order valence-electron chi connectivity index (χ2n) is 7.71. The quantitative estimate of drug-likeness (QED) is 0.806. The first-order valence-electron chi connectivity index (χ1n) is 9.46. The number of nitrogens with two attached hydrogens (primary N) is 1. The van der Waals surface area contributed by atoms with Crippen molar-refractivity contribution in [2.24, 2.45) is 4.99 Å². The van der Waals surface area contributed by atoms with Gasteiger partial charge in [-0.25, -0.2) is 0 Å². The molecule has 5 heteroatoms. The molecule has 5 nitrogen and oxygen atoms in total. The van der Waals surface area contributed by atoms with E-state index in [0.29, 0.717) is 5.92 Å². The Morgan fingerprint density at radius 2 is 2.00 bits per heavy atom. The Bertz CT molecular complexity index is 887. The van der Waals surface area contributed by atoms with Gasteiger partial charge in [-0.1, -0.05) is 6.07 Å². The van der Waals surface area contributed by atoms with Crippen molar-refractivity contribution in [2.75, 3.05) is 25.6 Å². The number of aliphatic hydroxyl groups excluding tert-OH is 1. The van der Waals surface area contributed by atoms with Crippen LogP contribution < -0.4 is 10.5 Å². The molecule has 2 heterocycles. The minimum atomic E-state index is -0.790. The fraction of sp³-hybridized carbons (Fsp3) is 0.409. The average Bonchev–Trinajstić information content (AvgIpc) is 2.70. The maximum absolute atomic E-state index is 9.73. The number of benzene rings is 2. The monoisotopic (exact) mass is 366 g/mol. The van der Waals surface area contributed by atoms with Crippen LogP contribution in [0.4, 0.5) is 11.4 Å². The highest BCUT2D eigenvalue weighted by atomic mass is 16.5. The molecule has 2 aromatic carbocycles. The van der Waals surface area contributed by atoms with Crippen molar-refractivity contribution in [1.82, 2.24) is 0 Å². The van der Waals surface area contributed by atoms with E-state index in [1.807, 2.05) is 31.2 Å². The van der Waals surface area contributed by atoms with Crippen LogP contribution in [0.3, 0.4) is 0 Å². The van der Waals surface area contributed by atoms with Crippen molar-refractivity contribution in [2.45, 2.75) is 38.2 Å². The number of hydrogen-bond donors (Lipinski definition) is 2. The third kappa shape index (κ3) is 3.45. The van der Waals surface area contributed by atoms with E-state index >= 15 is 0 Å². The molecule has 1 saturated heterocycles. The van der Waals surface area contributed by atoms with Gasteiger partial charge in [0, 0.05) is 24.5 Å². The van der Waals surface area contributed by atoms with Crippen molar-refractivity contribution in [3.8, 4) is 16.9 Å². The van der Waals surface area contributed by atoms with Gasteiger partial charge in [0.15, 0.2) is 5.60 Å². The molecule has 3 N–H and O–H groups in total. The third-order valence-electron chi connectivity index (χ3n) is 5.46. The zero-order valence-electron chi connectivity index (χ0n) is 15.9. The van der Waals surface area contributed by atoms with Crippen LogP contribution in [-0.2, 0) is 4.74 Å². The lowest BCUT2D eigenvalue weighted by Crippen LogP contribution is -2.40. The molecule has 0 aromatic heterocycles. The SMILES string of the molecule is Cc1ccc(N)cc1-c1cc2c(c(C3CCOCC3)c1)OC(C)(CO)C=N2. The van der Waals surface area contributed by atoms with Crippen molar-refractivity contribution in [1.29, 1.82) is 0 Å². The summed E-state index contributed by atoms with van der Waals surface area (Å²) in [5.74, 6) is 1.14. The lowest BCUT2D eigenvalue weighted by atomic mass is 9.87. The van der Waals surface area contributed by atoms with E-state index < -0.39 is 5.60 Å². The normalized spacial score (nSPS) is 22.3. The highest BCUT2D eigenvalue weighted by molar-refractivity contribution is 5.83. The molecule has 1 unspecified atom stereocenters. The maximum atomic E-state index is 9.73. The molecule has 1 fully saturated rings. The molecule has 0 aliphatic carbocycles. The molecule has 2 aromatic rings. The van der Waals surface area contributed by atoms with Crippen LogP contribution in [0.15, 0.2) is 35.3 Å². The number of nitrogen functional groups attached to an aromatic ring is 1. The first-order valence-corrected chi connectivity index (χ1v) is 9.46. The smallest absolute Gasteiger partial charge is 0.164 e. The van der Waals surface area contributed by atoms with Crippen LogP contribution in [-0.4, -0.2) is 36.7 Å². The Balaban J connectivity index is 1.87. The largest absolute Gasteiger partial charge is 0.477 e. The number of ether oxygens (including phenoxy) is 2. The van der Waals surface area contributed by atoms with E-state index in [9.17, 15) is 5.11 Å². The van der Waals surface area contributed by atoms with Gasteiger partial charge in [0.05, 0.1) is 12.8 Å². The average molecular weight is 366 g/mol. The first-order chi connectivity index (χ1) is 13.0. The van der Waals surface area contributed by atoms with Crippen LogP contribution in [0.1, 0.15) is 36.8 Å². The van der Waals surface area contributed by atoms with Crippen molar-refractivity contribution >= 4 is 17.6 Å². The van der Waals surface area contributed by atoms with Gasteiger partial charge in [0.25, 0.3) is 0 Å². The van der Waals surface area contributed by atoms with Crippen LogP contribution in [0, 0.1) is 6.92 Å². The maximum Gasteiger partial charge on any atom is 0.164 e. The molecule has 4 rings (SSSR count). The summed E-state index contributed by atoms with van der Waals surface area (Å²) < 4.78 is 11.8. The summed E-state index contributed by atoms with van der Waals surface area (Å²) in [6, 6.07) is 10.2. The molecule has 27 heavy (non-hydrogen) atoms. The Morgan fingerprint density at radius 1 is 1.22 bits per heavy atom. The Morgan fingerprint density at radius 3 is 2.74 bits per heavy atom. The van der Waals surface area contributed by atoms with Gasteiger partial charge >= 0.3 is 0 Å². The van der Waals surface area contributed by atoms with E-state index in [4.69, 9.17) is 15.2 Å². The first kappa shape index (κ1) is 18.0. The second-order valence-corrected chi connectivity index (χ2v) is 7.71. The van der Waals surface area contributed by atoms with Crippen molar-refractivity contribution in [3.63, 3.8) is 0 Å². The lowest BCUT2D eigenvalue weighted by molar-refractivity contribution is 0.0741. The predicted octanol–water partition coefficient (Wildman–Crippen LogP) is 3.98. The number of aliphatic imine (C=N–C) groups is 1. The molecule has 1 atom stereocenters. The van der Waals surface area contributed by atoms with Gasteiger partial charge in [-0.15, -0.1) is 0 Å². The van der Waals surface area contributed by atoms with Crippen LogP contribution in [0.5, 0.6) is 5.75 Å². The van der Waals surface area contributed by atoms with E-state index in [-0.39, 0.29) is 6.61 Å². The summed E-state index contributed by atoms with van der Waals surface area (Å²) >= 11 is 0. The number of aryl methyl sites for hydroxylation is 1. The number of fused-ring (bicyclic) bond motifs is 1. The second kappa shape index (κ2) is 6.98. The van der Waals surface area contributed by atoms with Gasteiger partial charge in [-0.3, -0.25) is 4.99 Å². The molecule has 0 saturated carbocycles. The van der Waals surface area contributed by atoms with Gasteiger partial charge in [-0.2, -0.15) is 0 Å². The zero-order chi connectivity index (χ0) is 19.0. The fourth-order valence-corrected chi connectivity index (χ4v) is 3.80. The van der Waals surface area contributed by atoms with Crippen molar-refractivity contribution < 1.29 is 14.6 Å². The molecule has 2 aliphatic rings. The summed E-state index contributed by atoms with van der Waals surface area (Å²) in [6.45, 7) is 5.33. The zero-order valence-corrected chi connectivity index (χ0v) is 15.9. The Hall–Kier alpha value is -2.37. The summed E-state index contributed by atoms with van der Waals surface area (Å²) in [5, 5.41) is 9.73. The molecule has 142 valence electrons. The van der Waals surface area contributed by atoms with Crippen LogP contribution in [0.25, 0.3) is 11.1 Å². The standard InChI is InChI=1S/C22H26N2O3/c1-14-3-4-17(23)11-18(14)16-9-19(15-5-7-26-8-6-15)21-20(10-16)24-12-22(2,13-25)27-21/h3-4,9-12,15,25H,5-8,13,23H2,1-2H3. The molecule has 0 spiro atoms. The summed E-state index contributed by atoms with van der Waals surface area (Å²) in [5.41, 5.74) is 11.3. The minimum Gasteiger partial charge on any atom is -0.477 e. The molecule has 0 bridgehead atoms. The number of nitrogens with zero attached hydrogens (tertiary/aromatic N) is 1. The van der Waals surface area contributed by atoms with E-state index in [1.54, 1.807) is 6.21 Å². The summed E-state index contributed by atoms with van der Waals surface area (Å²) in [6.07, 6.45) is 3.60. The molecule has 2 aliphatic heterocycles. The minimum absolute atomic E-state index is 0.112. The van der Waals surface area contributed by atoms with Gasteiger partial charge < -0.3 is 20.3 Å². The Labute approximate surface area is 159 Å². The molecule has 0 radical (unpaired) electrons. The number of hydrogen-bond acceptors (Lipinski definition) is 5. The fourth-order valence-electron chi connectivity index (χ4n) is 3.80. The van der Waals surface area contributed by atoms with Gasteiger partial charge in [-0.05, 0) is 73.6 Å². The van der Waals surface area contributed by atoms with E-state index in [1.165, 1.54) is 5.56 Å². The molecule has 0 amide bonds. The van der Waals surface area contributed by atoms with Crippen LogP contribution >= 0.6 is 0 Å². The van der Waals surface area contributed by atoms with Gasteiger partial charge in [0.2, 0.25) is 0 Å². The predicted molar refractivity (Wildman–Crippen MR) is 108 cm³/mol.